The number of halogens is 1. The minimum absolute atomic E-state index is 0.311. The molecule has 184 valence electrons. The van der Waals surface area contributed by atoms with Crippen molar-refractivity contribution in [3.05, 3.63) is 58.6 Å². The molecule has 0 aromatic heterocycles. The van der Waals surface area contributed by atoms with E-state index in [2.05, 4.69) is 10.5 Å². The summed E-state index contributed by atoms with van der Waals surface area (Å²) in [6.45, 7) is 2.88. The Morgan fingerprint density at radius 3 is 2.53 bits per heavy atom. The zero-order valence-corrected chi connectivity index (χ0v) is 19.3. The van der Waals surface area contributed by atoms with E-state index in [9.17, 15) is 25.2 Å². The van der Waals surface area contributed by atoms with Gasteiger partial charge in [-0.1, -0.05) is 11.6 Å². The molecule has 1 amide bonds. The van der Waals surface area contributed by atoms with Gasteiger partial charge < -0.3 is 34.6 Å². The third kappa shape index (κ3) is 6.44. The van der Waals surface area contributed by atoms with Crippen molar-refractivity contribution in [2.45, 2.75) is 50.7 Å². The molecule has 0 saturated carbocycles. The summed E-state index contributed by atoms with van der Waals surface area (Å²) in [5, 5.41) is 43.5. The number of ether oxygens (including phenoxy) is 3. The van der Waals surface area contributed by atoms with Crippen LogP contribution in [0.4, 0.5) is 0 Å². The van der Waals surface area contributed by atoms with E-state index in [1.807, 2.05) is 6.92 Å². The normalized spacial score (nSPS) is 25.7. The van der Waals surface area contributed by atoms with Gasteiger partial charge in [-0.25, -0.2) is 5.43 Å². The quantitative estimate of drug-likeness (QED) is 0.266. The first kappa shape index (κ1) is 25.9. The Labute approximate surface area is 201 Å². The molecule has 2 aromatic carbocycles. The van der Waals surface area contributed by atoms with Crippen molar-refractivity contribution in [2.75, 3.05) is 6.61 Å². The highest BCUT2D eigenvalue weighted by Gasteiger charge is 2.44. The Morgan fingerprint density at radius 1 is 1.18 bits per heavy atom. The number of amides is 1. The maximum Gasteiger partial charge on any atom is 0.280 e. The van der Waals surface area contributed by atoms with E-state index in [0.29, 0.717) is 22.1 Å². The van der Waals surface area contributed by atoms with Gasteiger partial charge in [0.1, 0.15) is 35.9 Å². The number of rotatable bonds is 8. The molecule has 1 heterocycles. The first-order valence-electron chi connectivity index (χ1n) is 10.5. The van der Waals surface area contributed by atoms with E-state index in [1.54, 1.807) is 49.4 Å². The largest absolute Gasteiger partial charge is 0.481 e. The molecule has 11 heteroatoms. The average molecular weight is 495 g/mol. The molecule has 2 aromatic rings. The van der Waals surface area contributed by atoms with Crippen LogP contribution >= 0.6 is 11.6 Å². The first-order chi connectivity index (χ1) is 16.2. The second kappa shape index (κ2) is 11.6. The summed E-state index contributed by atoms with van der Waals surface area (Å²) in [6, 6.07) is 11.5. The van der Waals surface area contributed by atoms with Crippen LogP contribution in [0.1, 0.15) is 18.1 Å². The number of carbonyl (C=O) groups excluding carboxylic acids is 1. The van der Waals surface area contributed by atoms with E-state index in [4.69, 9.17) is 25.8 Å². The standard InChI is InChI=1S/C23H27ClN2O8/c1-12-9-15(24)5-8-17(12)32-13(2)22(31)26-25-10-14-3-6-16(7-4-14)33-23-21(30)20(29)19(28)18(11-27)34-23/h3-10,13,18-21,23,27-30H,11H2,1-2H3,(H,26,31)/t13-,18-,19-,20+,21-,23-/m0/s1. The van der Waals surface area contributed by atoms with Crippen molar-refractivity contribution in [3.63, 3.8) is 0 Å². The Morgan fingerprint density at radius 2 is 1.88 bits per heavy atom. The maximum absolute atomic E-state index is 12.2. The van der Waals surface area contributed by atoms with Gasteiger partial charge in [0.15, 0.2) is 6.10 Å². The van der Waals surface area contributed by atoms with E-state index in [-0.39, 0.29) is 0 Å². The molecule has 0 bridgehead atoms. The molecule has 0 unspecified atom stereocenters. The molecule has 0 spiro atoms. The number of hydrogen-bond donors (Lipinski definition) is 5. The van der Waals surface area contributed by atoms with Gasteiger partial charge in [-0.3, -0.25) is 4.79 Å². The number of carbonyl (C=O) groups is 1. The van der Waals surface area contributed by atoms with Crippen molar-refractivity contribution in [2.24, 2.45) is 5.10 Å². The van der Waals surface area contributed by atoms with Gasteiger partial charge >= 0.3 is 0 Å². The molecule has 1 fully saturated rings. The molecular formula is C23H27ClN2O8. The molecule has 0 aliphatic carbocycles. The number of aliphatic hydroxyl groups excluding tert-OH is 4. The number of aryl methyl sites for hydroxylation is 1. The molecule has 1 aliphatic rings. The van der Waals surface area contributed by atoms with Gasteiger partial charge in [-0.2, -0.15) is 5.10 Å². The maximum atomic E-state index is 12.2. The van der Waals surface area contributed by atoms with Crippen LogP contribution in [-0.4, -0.2) is 76.0 Å². The smallest absolute Gasteiger partial charge is 0.280 e. The SMILES string of the molecule is Cc1cc(Cl)ccc1O[C@@H](C)C(=O)NN=Cc1ccc(O[C@H]2O[C@@H](CO)[C@H](O)[C@@H](O)[C@@H]2O)cc1. The van der Waals surface area contributed by atoms with Gasteiger partial charge in [0.2, 0.25) is 6.29 Å². The molecule has 1 aliphatic heterocycles. The number of aliphatic hydroxyl groups is 4. The fraction of sp³-hybridized carbons (Fsp3) is 0.391. The summed E-state index contributed by atoms with van der Waals surface area (Å²) in [4.78, 5) is 12.2. The third-order valence-electron chi connectivity index (χ3n) is 5.18. The highest BCUT2D eigenvalue weighted by atomic mass is 35.5. The zero-order valence-electron chi connectivity index (χ0n) is 18.5. The van der Waals surface area contributed by atoms with Crippen molar-refractivity contribution >= 4 is 23.7 Å². The lowest BCUT2D eigenvalue weighted by Gasteiger charge is -2.39. The van der Waals surface area contributed by atoms with Crippen LogP contribution < -0.4 is 14.9 Å². The van der Waals surface area contributed by atoms with Gasteiger partial charge in [-0.05, 0) is 67.4 Å². The number of benzene rings is 2. The monoisotopic (exact) mass is 494 g/mol. The number of hydrazone groups is 1. The van der Waals surface area contributed by atoms with Gasteiger partial charge in [-0.15, -0.1) is 0 Å². The van der Waals surface area contributed by atoms with Crippen molar-refractivity contribution < 1.29 is 39.4 Å². The van der Waals surface area contributed by atoms with Crippen LogP contribution in [0.3, 0.4) is 0 Å². The molecular weight excluding hydrogens is 468 g/mol. The summed E-state index contributed by atoms with van der Waals surface area (Å²) in [5.41, 5.74) is 3.86. The summed E-state index contributed by atoms with van der Waals surface area (Å²) in [5.74, 6) is 0.421. The van der Waals surface area contributed by atoms with Crippen molar-refractivity contribution in [1.29, 1.82) is 0 Å². The van der Waals surface area contributed by atoms with Crippen LogP contribution in [0.5, 0.6) is 11.5 Å². The van der Waals surface area contributed by atoms with E-state index in [1.165, 1.54) is 6.21 Å². The average Bonchev–Trinajstić information content (AvgIpc) is 2.82. The van der Waals surface area contributed by atoms with Gasteiger partial charge in [0.05, 0.1) is 12.8 Å². The molecule has 0 radical (unpaired) electrons. The van der Waals surface area contributed by atoms with Gasteiger partial charge in [0, 0.05) is 5.02 Å². The highest BCUT2D eigenvalue weighted by Crippen LogP contribution is 2.25. The fourth-order valence-corrected chi connectivity index (χ4v) is 3.41. The second-order valence-corrected chi connectivity index (χ2v) is 8.22. The van der Waals surface area contributed by atoms with Crippen LogP contribution in [0.25, 0.3) is 0 Å². The van der Waals surface area contributed by atoms with E-state index < -0.39 is 49.3 Å². The van der Waals surface area contributed by atoms with Crippen LogP contribution in [0, 0.1) is 6.92 Å². The summed E-state index contributed by atoms with van der Waals surface area (Å²) >= 11 is 5.92. The van der Waals surface area contributed by atoms with Crippen LogP contribution in [0.2, 0.25) is 5.02 Å². The summed E-state index contributed by atoms with van der Waals surface area (Å²) in [7, 11) is 0. The van der Waals surface area contributed by atoms with Crippen molar-refractivity contribution in [3.8, 4) is 11.5 Å². The molecule has 34 heavy (non-hydrogen) atoms. The lowest BCUT2D eigenvalue weighted by Crippen LogP contribution is -2.60. The summed E-state index contributed by atoms with van der Waals surface area (Å²) < 4.78 is 16.5. The summed E-state index contributed by atoms with van der Waals surface area (Å²) in [6.07, 6.45) is -6.19. The molecule has 3 rings (SSSR count). The highest BCUT2D eigenvalue weighted by molar-refractivity contribution is 6.30. The van der Waals surface area contributed by atoms with Crippen molar-refractivity contribution in [1.82, 2.24) is 5.43 Å². The predicted molar refractivity (Wildman–Crippen MR) is 123 cm³/mol. The van der Waals surface area contributed by atoms with Crippen LogP contribution in [-0.2, 0) is 9.53 Å². The Kier molecular flexibility index (Phi) is 8.84. The molecule has 5 N–H and O–H groups in total. The fourth-order valence-electron chi connectivity index (χ4n) is 3.18. The Bertz CT molecular complexity index is 1000. The third-order valence-corrected chi connectivity index (χ3v) is 5.41. The number of nitrogens with one attached hydrogen (secondary N) is 1. The topological polar surface area (TPSA) is 150 Å². The second-order valence-electron chi connectivity index (χ2n) is 7.79. The molecule has 6 atom stereocenters. The lowest BCUT2D eigenvalue weighted by molar-refractivity contribution is -0.277. The van der Waals surface area contributed by atoms with Gasteiger partial charge in [0.25, 0.3) is 5.91 Å². The first-order valence-corrected chi connectivity index (χ1v) is 10.9. The number of hydrogen-bond acceptors (Lipinski definition) is 9. The minimum Gasteiger partial charge on any atom is -0.481 e. The Hall–Kier alpha value is -2.73. The molecule has 10 nitrogen and oxygen atoms in total. The predicted octanol–water partition coefficient (Wildman–Crippen LogP) is 0.745. The number of nitrogens with zero attached hydrogens (tertiary/aromatic N) is 1. The Balaban J connectivity index is 1.52. The lowest BCUT2D eigenvalue weighted by atomic mass is 9.99. The minimum atomic E-state index is -1.53. The van der Waals surface area contributed by atoms with Crippen LogP contribution in [0.15, 0.2) is 47.6 Å². The molecule has 1 saturated heterocycles. The van der Waals surface area contributed by atoms with E-state index >= 15 is 0 Å². The van der Waals surface area contributed by atoms with E-state index in [0.717, 1.165) is 5.56 Å². The zero-order chi connectivity index (χ0) is 24.8.